The summed E-state index contributed by atoms with van der Waals surface area (Å²) in [5, 5.41) is 13.3. The van der Waals surface area contributed by atoms with Crippen LogP contribution in [0, 0.1) is 0 Å². The van der Waals surface area contributed by atoms with Gasteiger partial charge in [-0.3, -0.25) is 9.59 Å². The minimum absolute atomic E-state index is 0.314. The fourth-order valence-corrected chi connectivity index (χ4v) is 4.67. The van der Waals surface area contributed by atoms with Crippen molar-refractivity contribution in [2.45, 2.75) is 18.6 Å². The quantitative estimate of drug-likeness (QED) is 0.350. The maximum Gasteiger partial charge on any atom is 0.264 e. The summed E-state index contributed by atoms with van der Waals surface area (Å²) in [6, 6.07) is 18.9. The molecule has 156 valence electrons. The maximum absolute atomic E-state index is 13.2. The van der Waals surface area contributed by atoms with E-state index in [0.29, 0.717) is 17.8 Å². The van der Waals surface area contributed by atoms with E-state index >= 15 is 0 Å². The Labute approximate surface area is 193 Å². The third-order valence-corrected chi connectivity index (χ3v) is 6.45. The lowest BCUT2D eigenvalue weighted by molar-refractivity contribution is -0.140. The average molecular weight is 494 g/mol. The number of benzene rings is 2. The lowest BCUT2D eigenvalue weighted by atomic mass is 9.90. The van der Waals surface area contributed by atoms with Crippen LogP contribution in [0.1, 0.15) is 22.4 Å². The van der Waals surface area contributed by atoms with Gasteiger partial charge in [0.05, 0.1) is 18.7 Å². The van der Waals surface area contributed by atoms with Crippen molar-refractivity contribution in [1.82, 2.24) is 0 Å². The predicted molar refractivity (Wildman–Crippen MR) is 128 cm³/mol. The predicted octanol–water partition coefficient (Wildman–Crippen LogP) is 5.47. The van der Waals surface area contributed by atoms with Crippen LogP contribution < -0.4 is 4.90 Å². The van der Waals surface area contributed by atoms with E-state index in [0.717, 1.165) is 14.9 Å². The molecule has 4 rings (SSSR count). The van der Waals surface area contributed by atoms with Gasteiger partial charge < -0.3 is 10.0 Å². The van der Waals surface area contributed by atoms with Crippen molar-refractivity contribution in [3.05, 3.63) is 105 Å². The van der Waals surface area contributed by atoms with Crippen LogP contribution in [-0.2, 0) is 21.7 Å². The molecule has 1 amide bonds. The zero-order valence-electron chi connectivity index (χ0n) is 16.6. The summed E-state index contributed by atoms with van der Waals surface area (Å²) in [7, 11) is 0. The number of ketones is 1. The number of allylic oxidation sites excluding steroid dienone is 3. The van der Waals surface area contributed by atoms with Crippen molar-refractivity contribution in [3.63, 3.8) is 0 Å². The van der Waals surface area contributed by atoms with Gasteiger partial charge in [-0.2, -0.15) is 0 Å². The number of carbonyl (C=O) groups excluding carboxylic acids is 2. The molecule has 1 atom stereocenters. The van der Waals surface area contributed by atoms with E-state index in [2.05, 4.69) is 15.9 Å². The zero-order valence-corrected chi connectivity index (χ0v) is 19.0. The third-order valence-electron chi connectivity index (χ3n) is 5.10. The normalized spacial score (nSPS) is 18.3. The van der Waals surface area contributed by atoms with Crippen molar-refractivity contribution in [1.29, 1.82) is 0 Å². The first-order chi connectivity index (χ1) is 15.0. The molecule has 0 aliphatic carbocycles. The highest BCUT2D eigenvalue weighted by atomic mass is 79.9. The van der Waals surface area contributed by atoms with Gasteiger partial charge in [-0.05, 0) is 41.3 Å². The van der Waals surface area contributed by atoms with Crippen LogP contribution in [0.4, 0.5) is 5.69 Å². The highest BCUT2D eigenvalue weighted by Gasteiger charge is 2.50. The molecule has 31 heavy (non-hydrogen) atoms. The van der Waals surface area contributed by atoms with E-state index in [1.807, 2.05) is 60.0 Å². The fourth-order valence-electron chi connectivity index (χ4n) is 3.61. The van der Waals surface area contributed by atoms with Gasteiger partial charge in [0, 0.05) is 14.9 Å². The second kappa shape index (κ2) is 9.14. The largest absolute Gasteiger partial charge is 0.375 e. The summed E-state index contributed by atoms with van der Waals surface area (Å²) in [4.78, 5) is 28.4. The Balaban J connectivity index is 1.54. The van der Waals surface area contributed by atoms with Crippen molar-refractivity contribution in [3.8, 4) is 0 Å². The van der Waals surface area contributed by atoms with Crippen molar-refractivity contribution in [2.24, 2.45) is 0 Å². The number of nitrogens with zero attached hydrogens (tertiary/aromatic N) is 1. The van der Waals surface area contributed by atoms with Crippen LogP contribution in [0.25, 0.3) is 6.08 Å². The number of fused-ring (bicyclic) bond motifs is 1. The molecule has 1 aromatic heterocycles. The molecule has 1 aliphatic rings. The van der Waals surface area contributed by atoms with E-state index in [1.54, 1.807) is 40.5 Å². The molecule has 0 saturated carbocycles. The molecular weight excluding hydrogens is 474 g/mol. The molecule has 1 unspecified atom stereocenters. The number of rotatable bonds is 7. The molecule has 0 saturated heterocycles. The van der Waals surface area contributed by atoms with Crippen molar-refractivity contribution >= 4 is 50.7 Å². The molecule has 2 heterocycles. The maximum atomic E-state index is 13.2. The van der Waals surface area contributed by atoms with E-state index in [1.165, 1.54) is 6.08 Å². The van der Waals surface area contributed by atoms with Gasteiger partial charge in [0.2, 0.25) is 0 Å². The first-order valence-electron chi connectivity index (χ1n) is 9.77. The molecule has 0 spiro atoms. The van der Waals surface area contributed by atoms with Crippen LogP contribution in [0.5, 0.6) is 0 Å². The number of anilines is 1. The topological polar surface area (TPSA) is 57.6 Å². The first kappa shape index (κ1) is 21.4. The minimum Gasteiger partial charge on any atom is -0.375 e. The summed E-state index contributed by atoms with van der Waals surface area (Å²) >= 11 is 4.95. The summed E-state index contributed by atoms with van der Waals surface area (Å²) < 4.78 is 0.740. The molecule has 0 bridgehead atoms. The number of thiophene rings is 1. The summed E-state index contributed by atoms with van der Waals surface area (Å²) in [5.74, 6) is -0.798. The molecule has 2 aromatic carbocycles. The molecule has 3 aromatic rings. The lowest BCUT2D eigenvalue weighted by Gasteiger charge is -2.22. The molecule has 6 heteroatoms. The number of carbonyl (C=O) groups is 2. The van der Waals surface area contributed by atoms with Gasteiger partial charge in [0.25, 0.3) is 5.91 Å². The number of hydrogen-bond donors (Lipinski definition) is 1. The van der Waals surface area contributed by atoms with Gasteiger partial charge in [0.15, 0.2) is 11.4 Å². The SMILES string of the molecule is O=C(/C=C/C=C/c1ccccc1)CC1(O)C(=O)N(Cc2cccs2)c2ccc(Br)cc21. The Morgan fingerprint density at radius 1 is 1.10 bits per heavy atom. The average Bonchev–Trinajstić information content (AvgIpc) is 3.34. The highest BCUT2D eigenvalue weighted by molar-refractivity contribution is 9.10. The van der Waals surface area contributed by atoms with E-state index in [9.17, 15) is 14.7 Å². The van der Waals surface area contributed by atoms with Gasteiger partial charge in [-0.25, -0.2) is 0 Å². The second-order valence-electron chi connectivity index (χ2n) is 7.26. The Morgan fingerprint density at radius 2 is 1.90 bits per heavy atom. The monoisotopic (exact) mass is 493 g/mol. The third kappa shape index (κ3) is 4.61. The summed E-state index contributed by atoms with van der Waals surface area (Å²) in [6.45, 7) is 0.358. The minimum atomic E-state index is -1.89. The molecule has 1 aliphatic heterocycles. The lowest BCUT2D eigenvalue weighted by Crippen LogP contribution is -2.41. The van der Waals surface area contributed by atoms with Crippen LogP contribution in [0.2, 0.25) is 0 Å². The van der Waals surface area contributed by atoms with Gasteiger partial charge in [0.1, 0.15) is 0 Å². The second-order valence-corrected chi connectivity index (χ2v) is 9.21. The fraction of sp³-hybridized carbons (Fsp3) is 0.120. The summed E-state index contributed by atoms with van der Waals surface area (Å²) in [6.07, 6.45) is 6.36. The van der Waals surface area contributed by atoms with Crippen molar-refractivity contribution < 1.29 is 14.7 Å². The molecule has 0 radical (unpaired) electrons. The first-order valence-corrected chi connectivity index (χ1v) is 11.4. The van der Waals surface area contributed by atoms with Crippen LogP contribution in [0.15, 0.2) is 88.7 Å². The van der Waals surface area contributed by atoms with E-state index in [-0.39, 0.29) is 12.2 Å². The smallest absolute Gasteiger partial charge is 0.264 e. The number of aliphatic hydroxyl groups is 1. The Morgan fingerprint density at radius 3 is 2.65 bits per heavy atom. The molecule has 4 nitrogen and oxygen atoms in total. The number of amides is 1. The standard InChI is InChI=1S/C25H20BrNO3S/c26-19-12-13-23-22(15-19)25(30,24(29)27(23)17-21-11-6-14-31-21)16-20(28)10-5-4-9-18-7-2-1-3-8-18/h1-15,30H,16-17H2/b9-4+,10-5+. The van der Waals surface area contributed by atoms with Gasteiger partial charge in [-0.15, -0.1) is 11.3 Å². The number of halogens is 1. The van der Waals surface area contributed by atoms with E-state index < -0.39 is 11.5 Å². The molecule has 0 fully saturated rings. The Kier molecular flexibility index (Phi) is 6.32. The van der Waals surface area contributed by atoms with Crippen LogP contribution in [0.3, 0.4) is 0 Å². The van der Waals surface area contributed by atoms with Crippen LogP contribution >= 0.6 is 27.3 Å². The van der Waals surface area contributed by atoms with Crippen molar-refractivity contribution in [2.75, 3.05) is 4.90 Å². The Hall–Kier alpha value is -2.80. The van der Waals surface area contributed by atoms with Gasteiger partial charge >= 0.3 is 0 Å². The number of hydrogen-bond acceptors (Lipinski definition) is 4. The molecule has 1 N–H and O–H groups in total. The zero-order chi connectivity index (χ0) is 21.8. The summed E-state index contributed by atoms with van der Waals surface area (Å²) in [5.41, 5.74) is 0.211. The van der Waals surface area contributed by atoms with Gasteiger partial charge in [-0.1, -0.05) is 70.6 Å². The molecular formula is C25H20BrNO3S. The van der Waals surface area contributed by atoms with E-state index in [4.69, 9.17) is 0 Å². The highest BCUT2D eigenvalue weighted by Crippen LogP contribution is 2.44. The van der Waals surface area contributed by atoms with Crippen LogP contribution in [-0.4, -0.2) is 16.8 Å². The Bertz CT molecular complexity index is 1150.